The molecule has 0 aromatic heterocycles. The Morgan fingerprint density at radius 3 is 2.78 bits per heavy atom. The van der Waals surface area contributed by atoms with Crippen LogP contribution in [-0.4, -0.2) is 30.0 Å². The van der Waals surface area contributed by atoms with Crippen molar-refractivity contribution in [2.45, 2.75) is 18.1 Å². The molecule has 2 nitrogen and oxygen atoms in total. The normalized spacial score (nSPS) is 16.8. The second-order valence-electron chi connectivity index (χ2n) is 4.17. The third kappa shape index (κ3) is 3.89. The van der Waals surface area contributed by atoms with E-state index in [0.29, 0.717) is 26.6 Å². The first-order chi connectivity index (χ1) is 8.66. The highest BCUT2D eigenvalue weighted by molar-refractivity contribution is 8.00. The van der Waals surface area contributed by atoms with Gasteiger partial charge in [-0.25, -0.2) is 0 Å². The Bertz CT molecular complexity index is 431. The van der Waals surface area contributed by atoms with Gasteiger partial charge in [-0.15, -0.1) is 0 Å². The Morgan fingerprint density at radius 1 is 1.33 bits per heavy atom. The summed E-state index contributed by atoms with van der Waals surface area (Å²) in [6.45, 7) is 1.59. The summed E-state index contributed by atoms with van der Waals surface area (Å²) in [5.41, 5.74) is 0.517. The van der Waals surface area contributed by atoms with Crippen LogP contribution in [0.1, 0.15) is 23.2 Å². The zero-order chi connectivity index (χ0) is 13.0. The van der Waals surface area contributed by atoms with E-state index in [9.17, 15) is 4.79 Å². The Morgan fingerprint density at radius 2 is 2.06 bits per heavy atom. The fourth-order valence-corrected chi connectivity index (χ4v) is 3.29. The predicted octanol–water partition coefficient (Wildman–Crippen LogP) is 4.09. The zero-order valence-electron chi connectivity index (χ0n) is 9.83. The molecular weight excluding hydrogens is 291 g/mol. The van der Waals surface area contributed by atoms with Gasteiger partial charge in [0.2, 0.25) is 0 Å². The van der Waals surface area contributed by atoms with Crippen LogP contribution in [0.2, 0.25) is 10.0 Å². The van der Waals surface area contributed by atoms with Crippen molar-refractivity contribution in [3.8, 4) is 0 Å². The number of thioether (sulfide) groups is 1. The summed E-state index contributed by atoms with van der Waals surface area (Å²) in [4.78, 5) is 12.1. The summed E-state index contributed by atoms with van der Waals surface area (Å²) < 4.78 is 5.29. The van der Waals surface area contributed by atoms with E-state index < -0.39 is 0 Å². The summed E-state index contributed by atoms with van der Waals surface area (Å²) >= 11 is 13.6. The predicted molar refractivity (Wildman–Crippen MR) is 77.1 cm³/mol. The second-order valence-corrected chi connectivity index (χ2v) is 6.30. The van der Waals surface area contributed by atoms with Gasteiger partial charge in [0, 0.05) is 29.0 Å². The molecule has 0 bridgehead atoms. The van der Waals surface area contributed by atoms with Gasteiger partial charge in [-0.3, -0.25) is 4.79 Å². The van der Waals surface area contributed by atoms with E-state index in [-0.39, 0.29) is 5.78 Å². The number of carbonyl (C=O) groups is 1. The van der Waals surface area contributed by atoms with E-state index in [1.54, 1.807) is 30.0 Å². The smallest absolute Gasteiger partial charge is 0.174 e. The number of halogens is 2. The van der Waals surface area contributed by atoms with Crippen LogP contribution in [-0.2, 0) is 4.74 Å². The molecule has 0 unspecified atom stereocenters. The summed E-state index contributed by atoms with van der Waals surface area (Å²) in [5, 5.41) is 1.52. The highest BCUT2D eigenvalue weighted by Crippen LogP contribution is 2.26. The lowest BCUT2D eigenvalue weighted by Gasteiger charge is -2.21. The van der Waals surface area contributed by atoms with Crippen molar-refractivity contribution in [2.75, 3.05) is 19.0 Å². The SMILES string of the molecule is O=C(CSC1CCOCC1)c1cc(Cl)ccc1Cl. The fraction of sp³-hybridized carbons (Fsp3) is 0.462. The van der Waals surface area contributed by atoms with Crippen molar-refractivity contribution in [2.24, 2.45) is 0 Å². The molecule has 0 spiro atoms. The van der Waals surface area contributed by atoms with E-state index in [1.807, 2.05) is 0 Å². The van der Waals surface area contributed by atoms with Crippen LogP contribution in [0.25, 0.3) is 0 Å². The molecule has 0 atom stereocenters. The van der Waals surface area contributed by atoms with Crippen molar-refractivity contribution in [1.82, 2.24) is 0 Å². The van der Waals surface area contributed by atoms with E-state index in [4.69, 9.17) is 27.9 Å². The zero-order valence-corrected chi connectivity index (χ0v) is 12.2. The third-order valence-corrected chi connectivity index (χ3v) is 4.78. The Hall–Kier alpha value is -0.220. The lowest BCUT2D eigenvalue weighted by Crippen LogP contribution is -2.19. The van der Waals surface area contributed by atoms with Crippen LogP contribution in [0.4, 0.5) is 0 Å². The van der Waals surface area contributed by atoms with Gasteiger partial charge in [0.25, 0.3) is 0 Å². The highest BCUT2D eigenvalue weighted by atomic mass is 35.5. The first-order valence-corrected chi connectivity index (χ1v) is 7.65. The fourth-order valence-electron chi connectivity index (χ4n) is 1.83. The lowest BCUT2D eigenvalue weighted by atomic mass is 10.1. The van der Waals surface area contributed by atoms with Crippen molar-refractivity contribution in [3.63, 3.8) is 0 Å². The Balaban J connectivity index is 1.92. The van der Waals surface area contributed by atoms with Crippen LogP contribution in [0.5, 0.6) is 0 Å². The molecular formula is C13H14Cl2O2S. The summed E-state index contributed by atoms with van der Waals surface area (Å²) in [5.74, 6) is 0.490. The van der Waals surface area contributed by atoms with Gasteiger partial charge in [-0.1, -0.05) is 23.2 Å². The number of rotatable bonds is 4. The Labute approximate surface area is 121 Å². The monoisotopic (exact) mass is 304 g/mol. The van der Waals surface area contributed by atoms with Gasteiger partial charge in [-0.2, -0.15) is 11.8 Å². The molecule has 1 fully saturated rings. The second kappa shape index (κ2) is 6.80. The molecule has 18 heavy (non-hydrogen) atoms. The van der Waals surface area contributed by atoms with Crippen LogP contribution in [0.3, 0.4) is 0 Å². The molecule has 2 rings (SSSR count). The minimum atomic E-state index is 0.0407. The minimum Gasteiger partial charge on any atom is -0.381 e. The van der Waals surface area contributed by atoms with Gasteiger partial charge in [0.15, 0.2) is 5.78 Å². The average molecular weight is 305 g/mol. The number of ketones is 1. The molecule has 0 N–H and O–H groups in total. The standard InChI is InChI=1S/C13H14Cl2O2S/c14-9-1-2-12(15)11(7-9)13(16)8-18-10-3-5-17-6-4-10/h1-2,7,10H,3-6,8H2. The average Bonchev–Trinajstić information content (AvgIpc) is 2.40. The minimum absolute atomic E-state index is 0.0407. The van der Waals surface area contributed by atoms with Crippen LogP contribution >= 0.6 is 35.0 Å². The first-order valence-electron chi connectivity index (χ1n) is 5.84. The molecule has 0 radical (unpaired) electrons. The number of Topliss-reactive ketones (excluding diaryl/α,β-unsaturated/α-hetero) is 1. The highest BCUT2D eigenvalue weighted by Gasteiger charge is 2.17. The number of benzene rings is 1. The maximum Gasteiger partial charge on any atom is 0.174 e. The molecule has 1 aliphatic heterocycles. The van der Waals surface area contributed by atoms with E-state index in [0.717, 1.165) is 26.1 Å². The quantitative estimate of drug-likeness (QED) is 0.784. The van der Waals surface area contributed by atoms with Crippen LogP contribution < -0.4 is 0 Å². The van der Waals surface area contributed by atoms with E-state index >= 15 is 0 Å². The lowest BCUT2D eigenvalue weighted by molar-refractivity contribution is 0.0988. The van der Waals surface area contributed by atoms with Gasteiger partial charge >= 0.3 is 0 Å². The molecule has 1 aromatic carbocycles. The van der Waals surface area contributed by atoms with Crippen LogP contribution in [0, 0.1) is 0 Å². The largest absolute Gasteiger partial charge is 0.381 e. The molecule has 1 heterocycles. The number of hydrogen-bond donors (Lipinski definition) is 0. The number of hydrogen-bond acceptors (Lipinski definition) is 3. The third-order valence-electron chi connectivity index (χ3n) is 2.85. The van der Waals surface area contributed by atoms with Crippen molar-refractivity contribution < 1.29 is 9.53 Å². The van der Waals surface area contributed by atoms with Crippen molar-refractivity contribution in [3.05, 3.63) is 33.8 Å². The Kier molecular flexibility index (Phi) is 5.37. The maximum absolute atomic E-state index is 12.1. The maximum atomic E-state index is 12.1. The van der Waals surface area contributed by atoms with E-state index in [1.165, 1.54) is 0 Å². The summed E-state index contributed by atoms with van der Waals surface area (Å²) in [7, 11) is 0. The van der Waals surface area contributed by atoms with Crippen molar-refractivity contribution in [1.29, 1.82) is 0 Å². The van der Waals surface area contributed by atoms with Gasteiger partial charge in [0.1, 0.15) is 0 Å². The van der Waals surface area contributed by atoms with Gasteiger partial charge in [-0.05, 0) is 31.0 Å². The number of carbonyl (C=O) groups excluding carboxylic acids is 1. The van der Waals surface area contributed by atoms with Gasteiger partial charge in [0.05, 0.1) is 10.8 Å². The first kappa shape index (κ1) is 14.2. The molecule has 1 aliphatic rings. The number of ether oxygens (including phenoxy) is 1. The summed E-state index contributed by atoms with van der Waals surface area (Å²) in [6, 6.07) is 4.99. The topological polar surface area (TPSA) is 26.3 Å². The molecule has 5 heteroatoms. The molecule has 1 aromatic rings. The molecule has 0 aliphatic carbocycles. The molecule has 98 valence electrons. The van der Waals surface area contributed by atoms with Gasteiger partial charge < -0.3 is 4.74 Å². The van der Waals surface area contributed by atoms with E-state index in [2.05, 4.69) is 0 Å². The van der Waals surface area contributed by atoms with Crippen LogP contribution in [0.15, 0.2) is 18.2 Å². The molecule has 1 saturated heterocycles. The molecule has 0 amide bonds. The molecule has 0 saturated carbocycles. The summed E-state index contributed by atoms with van der Waals surface area (Å²) in [6.07, 6.45) is 2.03. The van der Waals surface area contributed by atoms with Crippen molar-refractivity contribution >= 4 is 40.7 Å².